The highest BCUT2D eigenvalue weighted by Gasteiger charge is 2.15. The summed E-state index contributed by atoms with van der Waals surface area (Å²) in [5.41, 5.74) is 1.72. The van der Waals surface area contributed by atoms with Crippen LogP contribution in [-0.2, 0) is 13.1 Å². The van der Waals surface area contributed by atoms with Crippen molar-refractivity contribution >= 4 is 29.9 Å². The van der Waals surface area contributed by atoms with Gasteiger partial charge in [0, 0.05) is 25.7 Å². The highest BCUT2D eigenvalue weighted by molar-refractivity contribution is 14.0. The molecule has 2 aromatic carbocycles. The van der Waals surface area contributed by atoms with E-state index < -0.39 is 0 Å². The summed E-state index contributed by atoms with van der Waals surface area (Å²) in [4.78, 5) is 4.18. The van der Waals surface area contributed by atoms with E-state index in [-0.39, 0.29) is 29.8 Å². The first-order chi connectivity index (χ1) is 12.6. The Labute approximate surface area is 176 Å². The Morgan fingerprint density at radius 2 is 1.67 bits per heavy atom. The smallest absolute Gasteiger partial charge is 0.203 e. The third kappa shape index (κ3) is 6.16. The molecule has 148 valence electrons. The minimum atomic E-state index is -0.262. The molecular formula is C19H25FIN3O3. The van der Waals surface area contributed by atoms with Gasteiger partial charge in [0.2, 0.25) is 5.75 Å². The number of nitrogens with one attached hydrogen (secondary N) is 2. The third-order valence-electron chi connectivity index (χ3n) is 3.80. The molecule has 0 atom stereocenters. The number of hydrogen-bond donors (Lipinski definition) is 2. The number of ether oxygens (including phenoxy) is 3. The Balaban J connectivity index is 0.00000364. The standard InChI is InChI=1S/C19H24FN3O3.HI/c1-21-19(22-11-13-6-5-7-15(20)10-13)23-12-14-8-9-16(24-2)18(26-4)17(14)25-3;/h5-10H,11-12H2,1-4H3,(H2,21,22,23);1H. The third-order valence-corrected chi connectivity index (χ3v) is 3.80. The molecule has 0 unspecified atom stereocenters. The van der Waals surface area contributed by atoms with Gasteiger partial charge in [-0.05, 0) is 29.8 Å². The lowest BCUT2D eigenvalue weighted by molar-refractivity contribution is 0.322. The van der Waals surface area contributed by atoms with E-state index in [0.717, 1.165) is 11.1 Å². The van der Waals surface area contributed by atoms with Crippen LogP contribution >= 0.6 is 24.0 Å². The highest BCUT2D eigenvalue weighted by atomic mass is 127. The summed E-state index contributed by atoms with van der Waals surface area (Å²) in [7, 11) is 6.40. The Hall–Kier alpha value is -2.23. The first-order valence-corrected chi connectivity index (χ1v) is 8.09. The fourth-order valence-electron chi connectivity index (χ4n) is 2.53. The van der Waals surface area contributed by atoms with Gasteiger partial charge in [-0.3, -0.25) is 4.99 Å². The number of hydrogen-bond acceptors (Lipinski definition) is 4. The van der Waals surface area contributed by atoms with E-state index in [1.807, 2.05) is 18.2 Å². The van der Waals surface area contributed by atoms with Gasteiger partial charge in [0.25, 0.3) is 0 Å². The van der Waals surface area contributed by atoms with Crippen molar-refractivity contribution in [3.63, 3.8) is 0 Å². The summed E-state index contributed by atoms with van der Waals surface area (Å²) in [6, 6.07) is 10.1. The van der Waals surface area contributed by atoms with E-state index >= 15 is 0 Å². The molecular weight excluding hydrogens is 464 g/mol. The maximum Gasteiger partial charge on any atom is 0.203 e. The lowest BCUT2D eigenvalue weighted by atomic mass is 10.1. The molecule has 0 fully saturated rings. The second-order valence-electron chi connectivity index (χ2n) is 5.40. The molecule has 2 rings (SSSR count). The highest BCUT2D eigenvalue weighted by Crippen LogP contribution is 2.39. The fourth-order valence-corrected chi connectivity index (χ4v) is 2.53. The minimum Gasteiger partial charge on any atom is -0.493 e. The second-order valence-corrected chi connectivity index (χ2v) is 5.40. The monoisotopic (exact) mass is 489 g/mol. The Kier molecular flexibility index (Phi) is 9.70. The summed E-state index contributed by atoms with van der Waals surface area (Å²) in [6.07, 6.45) is 0. The van der Waals surface area contributed by atoms with Crippen LogP contribution in [0.5, 0.6) is 17.2 Å². The topological polar surface area (TPSA) is 64.1 Å². The first kappa shape index (κ1) is 22.8. The maximum absolute atomic E-state index is 13.2. The Morgan fingerprint density at radius 3 is 2.26 bits per heavy atom. The molecule has 0 aliphatic carbocycles. The lowest BCUT2D eigenvalue weighted by Crippen LogP contribution is -2.36. The van der Waals surface area contributed by atoms with E-state index in [1.54, 1.807) is 34.4 Å². The van der Waals surface area contributed by atoms with Gasteiger partial charge in [-0.15, -0.1) is 24.0 Å². The number of halogens is 2. The van der Waals surface area contributed by atoms with E-state index in [2.05, 4.69) is 15.6 Å². The zero-order valence-corrected chi connectivity index (χ0v) is 18.2. The molecule has 0 aliphatic rings. The number of benzene rings is 2. The summed E-state index contributed by atoms with van der Waals surface area (Å²) < 4.78 is 29.4. The van der Waals surface area contributed by atoms with Crippen LogP contribution in [0.2, 0.25) is 0 Å². The van der Waals surface area contributed by atoms with Gasteiger partial charge >= 0.3 is 0 Å². The van der Waals surface area contributed by atoms with Crippen LogP contribution in [0.1, 0.15) is 11.1 Å². The molecule has 8 heteroatoms. The number of guanidine groups is 1. The SMILES string of the molecule is CN=C(NCc1cccc(F)c1)NCc1ccc(OC)c(OC)c1OC.I. The number of rotatable bonds is 7. The number of nitrogens with zero attached hydrogens (tertiary/aromatic N) is 1. The van der Waals surface area contributed by atoms with Crippen LogP contribution in [0.4, 0.5) is 4.39 Å². The minimum absolute atomic E-state index is 0. The van der Waals surface area contributed by atoms with E-state index in [4.69, 9.17) is 14.2 Å². The van der Waals surface area contributed by atoms with Crippen molar-refractivity contribution in [2.75, 3.05) is 28.4 Å². The second kappa shape index (κ2) is 11.5. The molecule has 0 aliphatic heterocycles. The summed E-state index contributed by atoms with van der Waals surface area (Å²) >= 11 is 0. The summed E-state index contributed by atoms with van der Waals surface area (Å²) in [5.74, 6) is 2.06. The van der Waals surface area contributed by atoms with Crippen LogP contribution in [0, 0.1) is 5.82 Å². The van der Waals surface area contributed by atoms with Crippen molar-refractivity contribution in [3.05, 3.63) is 53.3 Å². The molecule has 0 saturated heterocycles. The average Bonchev–Trinajstić information content (AvgIpc) is 2.67. The maximum atomic E-state index is 13.2. The van der Waals surface area contributed by atoms with Crippen molar-refractivity contribution < 1.29 is 18.6 Å². The van der Waals surface area contributed by atoms with Gasteiger partial charge < -0.3 is 24.8 Å². The Bertz CT molecular complexity index is 772. The van der Waals surface area contributed by atoms with Crippen LogP contribution in [-0.4, -0.2) is 34.3 Å². The fraction of sp³-hybridized carbons (Fsp3) is 0.316. The van der Waals surface area contributed by atoms with Gasteiger partial charge in [-0.1, -0.05) is 12.1 Å². The zero-order valence-electron chi connectivity index (χ0n) is 15.8. The van der Waals surface area contributed by atoms with Crippen molar-refractivity contribution in [1.82, 2.24) is 10.6 Å². The molecule has 0 saturated carbocycles. The van der Waals surface area contributed by atoms with Crippen molar-refractivity contribution in [2.45, 2.75) is 13.1 Å². The van der Waals surface area contributed by atoms with Crippen molar-refractivity contribution in [3.8, 4) is 17.2 Å². The molecule has 2 aromatic rings. The normalized spacial score (nSPS) is 10.6. The van der Waals surface area contributed by atoms with E-state index in [0.29, 0.717) is 36.3 Å². The van der Waals surface area contributed by atoms with Crippen molar-refractivity contribution in [2.24, 2.45) is 4.99 Å². The van der Waals surface area contributed by atoms with Gasteiger partial charge in [0.1, 0.15) is 5.82 Å². The van der Waals surface area contributed by atoms with Crippen LogP contribution in [0.3, 0.4) is 0 Å². The van der Waals surface area contributed by atoms with Gasteiger partial charge in [-0.2, -0.15) is 0 Å². The van der Waals surface area contributed by atoms with Gasteiger partial charge in [-0.25, -0.2) is 4.39 Å². The number of methoxy groups -OCH3 is 3. The summed E-state index contributed by atoms with van der Waals surface area (Å²) in [5, 5.41) is 6.35. The molecule has 0 bridgehead atoms. The quantitative estimate of drug-likeness (QED) is 0.355. The zero-order chi connectivity index (χ0) is 18.9. The molecule has 6 nitrogen and oxygen atoms in total. The average molecular weight is 489 g/mol. The largest absolute Gasteiger partial charge is 0.493 e. The van der Waals surface area contributed by atoms with Crippen LogP contribution in [0.15, 0.2) is 41.4 Å². The molecule has 0 radical (unpaired) electrons. The first-order valence-electron chi connectivity index (χ1n) is 8.09. The predicted molar refractivity (Wildman–Crippen MR) is 115 cm³/mol. The predicted octanol–water partition coefficient (Wildman–Crippen LogP) is 3.33. The molecule has 0 aromatic heterocycles. The van der Waals surface area contributed by atoms with E-state index in [1.165, 1.54) is 12.1 Å². The molecule has 0 heterocycles. The lowest BCUT2D eigenvalue weighted by Gasteiger charge is -2.17. The van der Waals surface area contributed by atoms with Crippen LogP contribution in [0.25, 0.3) is 0 Å². The summed E-state index contributed by atoms with van der Waals surface area (Å²) in [6.45, 7) is 0.923. The molecule has 0 amide bonds. The molecule has 27 heavy (non-hydrogen) atoms. The van der Waals surface area contributed by atoms with Crippen LogP contribution < -0.4 is 24.8 Å². The van der Waals surface area contributed by atoms with E-state index in [9.17, 15) is 4.39 Å². The molecule has 0 spiro atoms. The van der Waals surface area contributed by atoms with Gasteiger partial charge in [0.15, 0.2) is 17.5 Å². The number of aliphatic imine (C=N–C) groups is 1. The molecule has 2 N–H and O–H groups in total. The van der Waals surface area contributed by atoms with Crippen molar-refractivity contribution in [1.29, 1.82) is 0 Å². The Morgan fingerprint density at radius 1 is 0.963 bits per heavy atom. The van der Waals surface area contributed by atoms with Gasteiger partial charge in [0.05, 0.1) is 21.3 Å².